The van der Waals surface area contributed by atoms with Gasteiger partial charge in [0.25, 0.3) is 0 Å². The molecular formula is C40H42N4O2. The Hall–Kier alpha value is -4.78. The largest absolute Gasteiger partial charge is 0.360 e. The molecule has 0 bridgehead atoms. The van der Waals surface area contributed by atoms with Crippen molar-refractivity contribution in [3.05, 3.63) is 167 Å². The zero-order chi connectivity index (χ0) is 31.6. The fourth-order valence-corrected chi connectivity index (χ4v) is 6.31. The number of Topliss-reactive ketones (excluding diaryl/α,β-unsaturated/α-hetero) is 2. The molecule has 0 fully saturated rings. The fourth-order valence-electron chi connectivity index (χ4n) is 6.31. The Morgan fingerprint density at radius 3 is 1.20 bits per heavy atom. The summed E-state index contributed by atoms with van der Waals surface area (Å²) >= 11 is 0. The highest BCUT2D eigenvalue weighted by molar-refractivity contribution is 6.09. The van der Waals surface area contributed by atoms with Crippen molar-refractivity contribution in [1.82, 2.24) is 19.6 Å². The standard InChI is InChI=1S/C40H42N4O2/c45-39(35-19-9-3-10-20-35)37-27-41(31-43(29-37)25-33-15-5-1-6-16-33)23-13-14-24-42-28-38(40(46)36-21-11-4-12-22-36)30-44(32-42)26-34-17-7-2-8-18-34/h1-12,15-22,29-30H,13-14,23-28,31-32H2. The molecule has 2 aliphatic heterocycles. The third kappa shape index (κ3) is 8.47. The monoisotopic (exact) mass is 610 g/mol. The summed E-state index contributed by atoms with van der Waals surface area (Å²) in [6, 6.07) is 40.0. The molecule has 46 heavy (non-hydrogen) atoms. The molecule has 0 saturated heterocycles. The van der Waals surface area contributed by atoms with E-state index >= 15 is 0 Å². The molecule has 0 amide bonds. The molecule has 0 aliphatic carbocycles. The van der Waals surface area contributed by atoms with Crippen molar-refractivity contribution in [2.75, 3.05) is 39.5 Å². The number of nitrogens with zero attached hydrogens (tertiary/aromatic N) is 4. The van der Waals surface area contributed by atoms with Gasteiger partial charge in [-0.25, -0.2) is 0 Å². The number of carbonyl (C=O) groups excluding carboxylic acids is 2. The lowest BCUT2D eigenvalue weighted by Crippen LogP contribution is -2.43. The third-order valence-electron chi connectivity index (χ3n) is 8.54. The predicted molar refractivity (Wildman–Crippen MR) is 184 cm³/mol. The van der Waals surface area contributed by atoms with E-state index in [0.29, 0.717) is 13.1 Å². The van der Waals surface area contributed by atoms with Crippen molar-refractivity contribution in [2.24, 2.45) is 0 Å². The summed E-state index contributed by atoms with van der Waals surface area (Å²) in [5, 5.41) is 0. The first-order valence-corrected chi connectivity index (χ1v) is 16.2. The average molecular weight is 611 g/mol. The summed E-state index contributed by atoms with van der Waals surface area (Å²) in [5.41, 5.74) is 5.58. The van der Waals surface area contributed by atoms with Gasteiger partial charge in [-0.1, -0.05) is 121 Å². The maximum absolute atomic E-state index is 13.5. The van der Waals surface area contributed by atoms with Gasteiger partial charge in [-0.05, 0) is 24.0 Å². The fraction of sp³-hybridized carbons (Fsp3) is 0.250. The first-order valence-electron chi connectivity index (χ1n) is 16.2. The summed E-state index contributed by atoms with van der Waals surface area (Å²) in [4.78, 5) is 36.2. The Morgan fingerprint density at radius 1 is 0.478 bits per heavy atom. The van der Waals surface area contributed by atoms with Gasteiger partial charge in [-0.15, -0.1) is 0 Å². The molecule has 0 radical (unpaired) electrons. The van der Waals surface area contributed by atoms with Crippen molar-refractivity contribution in [3.8, 4) is 0 Å². The van der Waals surface area contributed by atoms with Gasteiger partial charge in [0.1, 0.15) is 0 Å². The van der Waals surface area contributed by atoms with Crippen LogP contribution >= 0.6 is 0 Å². The van der Waals surface area contributed by atoms with Crippen LogP contribution < -0.4 is 0 Å². The molecule has 6 nitrogen and oxygen atoms in total. The Balaban J connectivity index is 1.08. The van der Waals surface area contributed by atoms with Crippen LogP contribution in [0.2, 0.25) is 0 Å². The Morgan fingerprint density at radius 2 is 0.826 bits per heavy atom. The van der Waals surface area contributed by atoms with E-state index in [1.54, 1.807) is 0 Å². The van der Waals surface area contributed by atoms with Gasteiger partial charge >= 0.3 is 0 Å². The van der Waals surface area contributed by atoms with Gasteiger partial charge in [0.15, 0.2) is 11.6 Å². The highest BCUT2D eigenvalue weighted by Crippen LogP contribution is 2.21. The third-order valence-corrected chi connectivity index (χ3v) is 8.54. The number of benzene rings is 4. The van der Waals surface area contributed by atoms with E-state index in [9.17, 15) is 9.59 Å². The van der Waals surface area contributed by atoms with E-state index in [0.717, 1.165) is 74.6 Å². The number of ketones is 2. The minimum absolute atomic E-state index is 0.0950. The molecule has 0 spiro atoms. The molecule has 4 aromatic rings. The number of hydrogen-bond acceptors (Lipinski definition) is 6. The van der Waals surface area contributed by atoms with Crippen molar-refractivity contribution in [2.45, 2.75) is 25.9 Å². The average Bonchev–Trinajstić information content (AvgIpc) is 3.11. The van der Waals surface area contributed by atoms with Crippen molar-refractivity contribution in [1.29, 1.82) is 0 Å². The summed E-state index contributed by atoms with van der Waals surface area (Å²) in [6.07, 6.45) is 6.14. The predicted octanol–water partition coefficient (Wildman–Crippen LogP) is 6.85. The lowest BCUT2D eigenvalue weighted by Gasteiger charge is -2.36. The number of carbonyl (C=O) groups is 2. The lowest BCUT2D eigenvalue weighted by molar-refractivity contribution is 0.0959. The first-order chi connectivity index (χ1) is 22.6. The second-order valence-electron chi connectivity index (χ2n) is 12.3. The molecule has 0 aromatic heterocycles. The minimum Gasteiger partial charge on any atom is -0.360 e. The second kappa shape index (κ2) is 15.5. The molecular weight excluding hydrogens is 568 g/mol. The molecule has 4 aromatic carbocycles. The van der Waals surface area contributed by atoms with E-state index in [4.69, 9.17) is 0 Å². The zero-order valence-electron chi connectivity index (χ0n) is 26.4. The van der Waals surface area contributed by atoms with Crippen LogP contribution in [0.3, 0.4) is 0 Å². The molecule has 234 valence electrons. The van der Waals surface area contributed by atoms with Crippen LogP contribution in [0.4, 0.5) is 0 Å². The SMILES string of the molecule is O=C(C1=CN(Cc2ccccc2)CN(CCCCN2CC(C(=O)c3ccccc3)=CN(Cc3ccccc3)C2)C1)c1ccccc1. The molecule has 0 atom stereocenters. The molecule has 2 aliphatic rings. The van der Waals surface area contributed by atoms with E-state index in [1.807, 2.05) is 72.8 Å². The van der Waals surface area contributed by atoms with Gasteiger partial charge in [-0.3, -0.25) is 19.4 Å². The summed E-state index contributed by atoms with van der Waals surface area (Å²) < 4.78 is 0. The molecule has 0 unspecified atom stereocenters. The van der Waals surface area contributed by atoms with Crippen LogP contribution in [0, 0.1) is 0 Å². The molecule has 0 saturated carbocycles. The van der Waals surface area contributed by atoms with Crippen LogP contribution in [0.1, 0.15) is 44.7 Å². The summed E-state index contributed by atoms with van der Waals surface area (Å²) in [5.74, 6) is 0.190. The van der Waals surface area contributed by atoms with Crippen molar-refractivity contribution < 1.29 is 9.59 Å². The van der Waals surface area contributed by atoms with Gasteiger partial charge < -0.3 is 9.80 Å². The normalized spacial score (nSPS) is 15.7. The molecule has 0 N–H and O–H groups in total. The van der Waals surface area contributed by atoms with Crippen molar-refractivity contribution >= 4 is 11.6 Å². The molecule has 6 rings (SSSR count). The van der Waals surface area contributed by atoms with Gasteiger partial charge in [0.05, 0.1) is 13.3 Å². The zero-order valence-corrected chi connectivity index (χ0v) is 26.4. The number of hydrogen-bond donors (Lipinski definition) is 0. The van der Waals surface area contributed by atoms with Gasteiger partial charge in [-0.2, -0.15) is 0 Å². The molecule has 6 heteroatoms. The Kier molecular flexibility index (Phi) is 10.5. The maximum atomic E-state index is 13.5. The Bertz CT molecular complexity index is 1510. The highest BCUT2D eigenvalue weighted by atomic mass is 16.1. The van der Waals surface area contributed by atoms with Crippen LogP contribution in [0.15, 0.2) is 145 Å². The summed E-state index contributed by atoms with van der Waals surface area (Å²) in [7, 11) is 0. The van der Waals surface area contributed by atoms with Crippen LogP contribution in [0.25, 0.3) is 0 Å². The molecule has 2 heterocycles. The van der Waals surface area contributed by atoms with Gasteiger partial charge in [0, 0.05) is 73.9 Å². The van der Waals surface area contributed by atoms with E-state index in [-0.39, 0.29) is 11.6 Å². The van der Waals surface area contributed by atoms with E-state index < -0.39 is 0 Å². The van der Waals surface area contributed by atoms with E-state index in [1.165, 1.54) is 11.1 Å². The van der Waals surface area contributed by atoms with Crippen LogP contribution in [-0.4, -0.2) is 70.7 Å². The summed E-state index contributed by atoms with van der Waals surface area (Å²) in [6.45, 7) is 6.19. The van der Waals surface area contributed by atoms with Crippen LogP contribution in [0.5, 0.6) is 0 Å². The van der Waals surface area contributed by atoms with Crippen LogP contribution in [-0.2, 0) is 13.1 Å². The topological polar surface area (TPSA) is 47.1 Å². The maximum Gasteiger partial charge on any atom is 0.191 e. The quantitative estimate of drug-likeness (QED) is 0.122. The minimum atomic E-state index is 0.0950. The van der Waals surface area contributed by atoms with E-state index in [2.05, 4.69) is 80.5 Å². The number of unbranched alkanes of at least 4 members (excludes halogenated alkanes) is 1. The Labute approximate surface area is 272 Å². The lowest BCUT2D eigenvalue weighted by atomic mass is 10.0. The van der Waals surface area contributed by atoms with Gasteiger partial charge in [0.2, 0.25) is 0 Å². The highest BCUT2D eigenvalue weighted by Gasteiger charge is 2.25. The smallest absolute Gasteiger partial charge is 0.191 e. The number of rotatable bonds is 13. The second-order valence-corrected chi connectivity index (χ2v) is 12.3. The first kappa shape index (κ1) is 31.2. The van der Waals surface area contributed by atoms with Crippen molar-refractivity contribution in [3.63, 3.8) is 0 Å².